The number of anilines is 2. The maximum Gasteiger partial charge on any atom is 0.227 e. The van der Waals surface area contributed by atoms with E-state index in [9.17, 15) is 4.79 Å². The number of hydrogen-bond donors (Lipinski definition) is 1. The number of nitrogens with zero attached hydrogens (tertiary/aromatic N) is 2. The van der Waals surface area contributed by atoms with E-state index >= 15 is 0 Å². The van der Waals surface area contributed by atoms with Crippen LogP contribution in [0.5, 0.6) is 0 Å². The van der Waals surface area contributed by atoms with Crippen LogP contribution in [0.4, 0.5) is 11.4 Å². The summed E-state index contributed by atoms with van der Waals surface area (Å²) in [6, 6.07) is 6.26. The van der Waals surface area contributed by atoms with Gasteiger partial charge in [-0.15, -0.1) is 0 Å². The zero-order valence-electron chi connectivity index (χ0n) is 13.6. The Morgan fingerprint density at radius 3 is 2.70 bits per heavy atom. The van der Waals surface area contributed by atoms with Crippen LogP contribution in [0, 0.1) is 11.8 Å². The summed E-state index contributed by atoms with van der Waals surface area (Å²) in [5.74, 6) is 0.851. The largest absolute Gasteiger partial charge is 0.371 e. The highest BCUT2D eigenvalue weighted by atomic mass is 16.2. The van der Waals surface area contributed by atoms with Crippen LogP contribution >= 0.6 is 0 Å². The van der Waals surface area contributed by atoms with Gasteiger partial charge < -0.3 is 10.2 Å². The van der Waals surface area contributed by atoms with Gasteiger partial charge in [-0.25, -0.2) is 0 Å². The van der Waals surface area contributed by atoms with Crippen molar-refractivity contribution in [2.75, 3.05) is 23.3 Å². The predicted molar refractivity (Wildman–Crippen MR) is 93.7 cm³/mol. The minimum atomic E-state index is 0.147. The summed E-state index contributed by atoms with van der Waals surface area (Å²) in [4.78, 5) is 19.0. The standard InChI is InChI=1S/C19H23N3O/c1-13-11-15(13)19(23)21-17-5-6-18(22-9-3-2-4-10-22)14-7-8-20-12-16(14)17/h5-8,12-13,15H,2-4,9-11H2,1H3,(H,21,23)/t13-,15-/m1/s1. The van der Waals surface area contributed by atoms with Crippen LogP contribution in [0.15, 0.2) is 30.6 Å². The monoisotopic (exact) mass is 309 g/mol. The molecule has 120 valence electrons. The van der Waals surface area contributed by atoms with Gasteiger partial charge in [0.1, 0.15) is 0 Å². The molecule has 0 spiro atoms. The third kappa shape index (κ3) is 2.78. The molecule has 4 nitrogen and oxygen atoms in total. The molecule has 2 aromatic rings. The van der Waals surface area contributed by atoms with Crippen molar-refractivity contribution in [3.05, 3.63) is 30.6 Å². The summed E-state index contributed by atoms with van der Waals surface area (Å²) in [6.45, 7) is 4.36. The number of pyridine rings is 1. The number of amides is 1. The van der Waals surface area contributed by atoms with Crippen molar-refractivity contribution in [1.29, 1.82) is 0 Å². The van der Waals surface area contributed by atoms with Crippen molar-refractivity contribution in [2.24, 2.45) is 11.8 Å². The molecule has 1 saturated carbocycles. The summed E-state index contributed by atoms with van der Waals surface area (Å²) in [7, 11) is 0. The Hall–Kier alpha value is -2.10. The molecule has 4 rings (SSSR count). The van der Waals surface area contributed by atoms with E-state index < -0.39 is 0 Å². The third-order valence-electron chi connectivity index (χ3n) is 5.20. The highest BCUT2D eigenvalue weighted by Crippen LogP contribution is 2.39. The number of rotatable bonds is 3. The maximum atomic E-state index is 12.3. The Kier molecular flexibility index (Phi) is 3.68. The second-order valence-electron chi connectivity index (χ2n) is 6.91. The van der Waals surface area contributed by atoms with Crippen molar-refractivity contribution in [3.8, 4) is 0 Å². The number of benzene rings is 1. The first-order valence-corrected chi connectivity index (χ1v) is 8.66. The Bertz CT molecular complexity index is 736. The first kappa shape index (κ1) is 14.5. The van der Waals surface area contributed by atoms with Gasteiger partial charge in [0.05, 0.1) is 5.69 Å². The smallest absolute Gasteiger partial charge is 0.227 e. The van der Waals surface area contributed by atoms with Gasteiger partial charge in [-0.05, 0) is 49.8 Å². The molecule has 1 aliphatic heterocycles. The fraction of sp³-hybridized carbons (Fsp3) is 0.474. The Balaban J connectivity index is 1.68. The van der Waals surface area contributed by atoms with E-state index in [1.165, 1.54) is 30.3 Å². The number of carbonyl (C=O) groups is 1. The fourth-order valence-electron chi connectivity index (χ4n) is 3.61. The van der Waals surface area contributed by atoms with Crippen LogP contribution in [0.25, 0.3) is 10.8 Å². The first-order chi connectivity index (χ1) is 11.2. The molecule has 2 atom stereocenters. The fourth-order valence-corrected chi connectivity index (χ4v) is 3.61. The number of piperidine rings is 1. The summed E-state index contributed by atoms with van der Waals surface area (Å²) in [6.07, 6.45) is 8.55. The lowest BCUT2D eigenvalue weighted by molar-refractivity contribution is -0.117. The van der Waals surface area contributed by atoms with E-state index in [0.29, 0.717) is 5.92 Å². The number of hydrogen-bond acceptors (Lipinski definition) is 3. The van der Waals surface area contributed by atoms with Crippen LogP contribution in [-0.2, 0) is 4.79 Å². The summed E-state index contributed by atoms with van der Waals surface area (Å²) < 4.78 is 0. The van der Waals surface area contributed by atoms with Crippen molar-refractivity contribution < 1.29 is 4.79 Å². The van der Waals surface area contributed by atoms with Crippen molar-refractivity contribution in [2.45, 2.75) is 32.6 Å². The summed E-state index contributed by atoms with van der Waals surface area (Å²) >= 11 is 0. The van der Waals surface area contributed by atoms with Gasteiger partial charge >= 0.3 is 0 Å². The molecule has 1 saturated heterocycles. The molecule has 2 heterocycles. The van der Waals surface area contributed by atoms with Crippen molar-refractivity contribution >= 4 is 28.1 Å². The van der Waals surface area contributed by atoms with Gasteiger partial charge in [0.25, 0.3) is 0 Å². The van der Waals surface area contributed by atoms with E-state index in [2.05, 4.69) is 34.3 Å². The van der Waals surface area contributed by atoms with E-state index in [0.717, 1.165) is 30.6 Å². The van der Waals surface area contributed by atoms with Crippen molar-refractivity contribution in [1.82, 2.24) is 4.98 Å². The van der Waals surface area contributed by atoms with Crippen LogP contribution in [-0.4, -0.2) is 24.0 Å². The molecule has 2 aliphatic rings. The Morgan fingerprint density at radius 2 is 1.96 bits per heavy atom. The highest BCUT2D eigenvalue weighted by molar-refractivity contribution is 6.07. The molecule has 2 fully saturated rings. The molecule has 4 heteroatoms. The number of carbonyl (C=O) groups excluding carboxylic acids is 1. The lowest BCUT2D eigenvalue weighted by atomic mass is 10.0. The first-order valence-electron chi connectivity index (χ1n) is 8.66. The van der Waals surface area contributed by atoms with Crippen LogP contribution < -0.4 is 10.2 Å². The molecule has 1 amide bonds. The van der Waals surface area contributed by atoms with E-state index in [1.807, 2.05) is 18.5 Å². The number of aromatic nitrogens is 1. The third-order valence-corrected chi connectivity index (χ3v) is 5.20. The SMILES string of the molecule is C[C@@H]1C[C@H]1C(=O)Nc1ccc(N2CCCCC2)c2ccncc12. The average Bonchev–Trinajstić information content (AvgIpc) is 3.33. The summed E-state index contributed by atoms with van der Waals surface area (Å²) in [5.41, 5.74) is 2.15. The molecule has 1 aromatic carbocycles. The average molecular weight is 309 g/mol. The Labute approximate surface area is 136 Å². The number of fused-ring (bicyclic) bond motifs is 1. The molecule has 1 aromatic heterocycles. The second kappa shape index (κ2) is 5.84. The van der Waals surface area contributed by atoms with E-state index in [4.69, 9.17) is 0 Å². The van der Waals surface area contributed by atoms with Crippen molar-refractivity contribution in [3.63, 3.8) is 0 Å². The molecular weight excluding hydrogens is 286 g/mol. The molecule has 0 bridgehead atoms. The molecule has 1 aliphatic carbocycles. The predicted octanol–water partition coefficient (Wildman–Crippen LogP) is 3.82. The summed E-state index contributed by atoms with van der Waals surface area (Å²) in [5, 5.41) is 5.33. The van der Waals surface area contributed by atoms with E-state index in [-0.39, 0.29) is 11.8 Å². The normalized spacial score (nSPS) is 23.8. The maximum absolute atomic E-state index is 12.3. The minimum absolute atomic E-state index is 0.147. The zero-order valence-corrected chi connectivity index (χ0v) is 13.6. The van der Waals surface area contributed by atoms with Crippen LogP contribution in [0.1, 0.15) is 32.6 Å². The zero-order chi connectivity index (χ0) is 15.8. The lowest BCUT2D eigenvalue weighted by Gasteiger charge is -2.30. The quantitative estimate of drug-likeness (QED) is 0.937. The molecule has 0 unspecified atom stereocenters. The van der Waals surface area contributed by atoms with Gasteiger partial charge in [-0.1, -0.05) is 6.92 Å². The molecule has 1 N–H and O–H groups in total. The van der Waals surface area contributed by atoms with Gasteiger partial charge in [0.15, 0.2) is 0 Å². The molecule has 23 heavy (non-hydrogen) atoms. The highest BCUT2D eigenvalue weighted by Gasteiger charge is 2.39. The van der Waals surface area contributed by atoms with Gasteiger partial charge in [-0.2, -0.15) is 0 Å². The topological polar surface area (TPSA) is 45.2 Å². The van der Waals surface area contributed by atoms with Gasteiger partial charge in [0.2, 0.25) is 5.91 Å². The van der Waals surface area contributed by atoms with Gasteiger partial charge in [-0.3, -0.25) is 9.78 Å². The molecule has 0 radical (unpaired) electrons. The van der Waals surface area contributed by atoms with Gasteiger partial charge in [0, 0.05) is 47.9 Å². The van der Waals surface area contributed by atoms with E-state index in [1.54, 1.807) is 0 Å². The lowest BCUT2D eigenvalue weighted by Crippen LogP contribution is -2.29. The minimum Gasteiger partial charge on any atom is -0.371 e. The Morgan fingerprint density at radius 1 is 1.17 bits per heavy atom. The van der Waals surface area contributed by atoms with Crippen LogP contribution in [0.2, 0.25) is 0 Å². The number of nitrogens with one attached hydrogen (secondary N) is 1. The second-order valence-corrected chi connectivity index (χ2v) is 6.91. The molecular formula is C19H23N3O. The van der Waals surface area contributed by atoms with Crippen LogP contribution in [0.3, 0.4) is 0 Å².